The zero-order chi connectivity index (χ0) is 12.1. The van der Waals surface area contributed by atoms with Gasteiger partial charge in [-0.1, -0.05) is 13.3 Å². The third-order valence-corrected chi connectivity index (χ3v) is 3.04. The van der Waals surface area contributed by atoms with E-state index in [-0.39, 0.29) is 23.8 Å². The highest BCUT2D eigenvalue weighted by molar-refractivity contribution is 5.80. The van der Waals surface area contributed by atoms with Crippen LogP contribution in [-0.4, -0.2) is 35.8 Å². The van der Waals surface area contributed by atoms with E-state index in [4.69, 9.17) is 11.6 Å². The van der Waals surface area contributed by atoms with Crippen molar-refractivity contribution in [1.82, 2.24) is 10.3 Å². The van der Waals surface area contributed by atoms with Crippen LogP contribution >= 0.6 is 0 Å². The lowest BCUT2D eigenvalue weighted by atomic mass is 9.99. The quantitative estimate of drug-likeness (QED) is 0.325. The van der Waals surface area contributed by atoms with Gasteiger partial charge in [0.25, 0.3) is 0 Å². The monoisotopic (exact) mass is 228 g/mol. The molecule has 1 aliphatic heterocycles. The Hall–Kier alpha value is -1.14. The van der Waals surface area contributed by atoms with Crippen molar-refractivity contribution < 1.29 is 9.59 Å². The Kier molecular flexibility index (Phi) is 4.70. The van der Waals surface area contributed by atoms with Crippen molar-refractivity contribution in [3.05, 3.63) is 0 Å². The first-order valence-corrected chi connectivity index (χ1v) is 5.60. The second-order valence-corrected chi connectivity index (χ2v) is 4.32. The molecule has 1 saturated heterocycles. The zero-order valence-corrected chi connectivity index (χ0v) is 9.61. The fraction of sp³-hybridized carbons (Fsp3) is 0.800. The van der Waals surface area contributed by atoms with E-state index in [2.05, 4.69) is 5.43 Å². The van der Waals surface area contributed by atoms with Crippen molar-refractivity contribution >= 4 is 11.8 Å². The van der Waals surface area contributed by atoms with E-state index in [1.807, 2.05) is 4.90 Å². The molecule has 0 aromatic rings. The molecule has 0 bridgehead atoms. The van der Waals surface area contributed by atoms with Crippen LogP contribution < -0.4 is 17.0 Å². The minimum atomic E-state index is -0.306. The number of carbonyl (C=O) groups excluding carboxylic acids is 2. The van der Waals surface area contributed by atoms with Gasteiger partial charge in [0.05, 0.1) is 6.04 Å². The van der Waals surface area contributed by atoms with Gasteiger partial charge in [-0.15, -0.1) is 0 Å². The van der Waals surface area contributed by atoms with Gasteiger partial charge in [0.1, 0.15) is 0 Å². The molecule has 1 aliphatic rings. The Morgan fingerprint density at radius 1 is 1.50 bits per heavy atom. The maximum Gasteiger partial charge on any atom is 0.237 e. The van der Waals surface area contributed by atoms with Gasteiger partial charge in [0, 0.05) is 12.5 Å². The van der Waals surface area contributed by atoms with Crippen molar-refractivity contribution in [2.24, 2.45) is 17.5 Å². The highest BCUT2D eigenvalue weighted by atomic mass is 16.2. The number of likely N-dealkylation sites (tertiary alicyclic amines) is 1. The van der Waals surface area contributed by atoms with E-state index in [1.165, 1.54) is 0 Å². The fourth-order valence-corrected chi connectivity index (χ4v) is 2.11. The number of piperidine rings is 1. The van der Waals surface area contributed by atoms with Crippen LogP contribution in [-0.2, 0) is 9.59 Å². The van der Waals surface area contributed by atoms with Crippen molar-refractivity contribution in [3.8, 4) is 0 Å². The fourth-order valence-electron chi connectivity index (χ4n) is 2.11. The van der Waals surface area contributed by atoms with E-state index in [1.54, 1.807) is 6.92 Å². The molecule has 92 valence electrons. The molecule has 16 heavy (non-hydrogen) atoms. The van der Waals surface area contributed by atoms with Gasteiger partial charge in [-0.25, -0.2) is 5.84 Å². The molecule has 1 fully saturated rings. The topological polar surface area (TPSA) is 101 Å². The number of hydrogen-bond donors (Lipinski definition) is 3. The molecule has 0 spiro atoms. The molecule has 0 aromatic carbocycles. The minimum absolute atomic E-state index is 0.214. The van der Waals surface area contributed by atoms with Gasteiger partial charge in [-0.3, -0.25) is 19.9 Å². The maximum atomic E-state index is 11.3. The highest BCUT2D eigenvalue weighted by Gasteiger charge is 2.29. The van der Waals surface area contributed by atoms with E-state index in [9.17, 15) is 9.59 Å². The molecule has 2 atom stereocenters. The van der Waals surface area contributed by atoms with Crippen LogP contribution in [0.15, 0.2) is 0 Å². The number of nitrogens with two attached hydrogens (primary N) is 2. The number of amides is 2. The number of nitrogens with zero attached hydrogens (tertiary/aromatic N) is 1. The van der Waals surface area contributed by atoms with Crippen LogP contribution in [0.25, 0.3) is 0 Å². The molecule has 5 N–H and O–H groups in total. The van der Waals surface area contributed by atoms with Gasteiger partial charge >= 0.3 is 0 Å². The first-order chi connectivity index (χ1) is 7.56. The minimum Gasteiger partial charge on any atom is -0.368 e. The van der Waals surface area contributed by atoms with Crippen LogP contribution in [0.3, 0.4) is 0 Å². The van der Waals surface area contributed by atoms with Crippen LogP contribution in [0.2, 0.25) is 0 Å². The number of carbonyl (C=O) groups is 2. The van der Waals surface area contributed by atoms with Crippen molar-refractivity contribution in [3.63, 3.8) is 0 Å². The molecule has 2 unspecified atom stereocenters. The summed E-state index contributed by atoms with van der Waals surface area (Å²) in [6, 6.07) is -0.234. The summed E-state index contributed by atoms with van der Waals surface area (Å²) < 4.78 is 0. The maximum absolute atomic E-state index is 11.3. The summed E-state index contributed by atoms with van der Waals surface area (Å²) in [6.45, 7) is 3.13. The van der Waals surface area contributed by atoms with Crippen LogP contribution in [0.4, 0.5) is 0 Å². The Bertz CT molecular complexity index is 270. The molecular weight excluding hydrogens is 208 g/mol. The van der Waals surface area contributed by atoms with Crippen LogP contribution in [0.1, 0.15) is 26.2 Å². The number of nitrogens with one attached hydrogen (secondary N) is 1. The van der Waals surface area contributed by atoms with E-state index >= 15 is 0 Å². The Morgan fingerprint density at radius 2 is 2.19 bits per heavy atom. The Balaban J connectivity index is 2.55. The molecular formula is C10H20N4O2. The second kappa shape index (κ2) is 5.81. The summed E-state index contributed by atoms with van der Waals surface area (Å²) in [4.78, 5) is 24.5. The molecule has 1 heterocycles. The van der Waals surface area contributed by atoms with Gasteiger partial charge in [-0.05, 0) is 19.4 Å². The smallest absolute Gasteiger partial charge is 0.237 e. The molecule has 6 heteroatoms. The lowest BCUT2D eigenvalue weighted by Crippen LogP contribution is -2.51. The molecule has 0 radical (unpaired) electrons. The van der Waals surface area contributed by atoms with Gasteiger partial charge < -0.3 is 5.73 Å². The first-order valence-electron chi connectivity index (χ1n) is 5.60. The van der Waals surface area contributed by atoms with E-state index < -0.39 is 0 Å². The summed E-state index contributed by atoms with van der Waals surface area (Å²) in [5.41, 5.74) is 7.45. The second-order valence-electron chi connectivity index (χ2n) is 4.32. The first kappa shape index (κ1) is 12.9. The van der Waals surface area contributed by atoms with Crippen LogP contribution in [0, 0.1) is 5.92 Å². The average Bonchev–Trinajstić information content (AvgIpc) is 2.28. The lowest BCUT2D eigenvalue weighted by Gasteiger charge is -2.34. The van der Waals surface area contributed by atoms with Gasteiger partial charge in [-0.2, -0.15) is 0 Å². The zero-order valence-electron chi connectivity index (χ0n) is 9.61. The number of hydrogen-bond acceptors (Lipinski definition) is 4. The van der Waals surface area contributed by atoms with Crippen molar-refractivity contribution in [2.45, 2.75) is 32.2 Å². The van der Waals surface area contributed by atoms with Gasteiger partial charge in [0.15, 0.2) is 0 Å². The molecule has 6 nitrogen and oxygen atoms in total. The predicted octanol–water partition coefficient (Wildman–Crippen LogP) is -1.05. The largest absolute Gasteiger partial charge is 0.368 e. The lowest BCUT2D eigenvalue weighted by molar-refractivity contribution is -0.129. The third kappa shape index (κ3) is 3.18. The van der Waals surface area contributed by atoms with E-state index in [0.717, 1.165) is 25.8 Å². The predicted molar refractivity (Wildman–Crippen MR) is 59.9 cm³/mol. The molecule has 0 saturated carbocycles. The summed E-state index contributed by atoms with van der Waals surface area (Å²) in [5.74, 6) is 4.31. The van der Waals surface area contributed by atoms with Crippen LogP contribution in [0.5, 0.6) is 0 Å². The summed E-state index contributed by atoms with van der Waals surface area (Å²) >= 11 is 0. The Morgan fingerprint density at radius 3 is 2.75 bits per heavy atom. The molecule has 0 aromatic heterocycles. The number of rotatable bonds is 4. The van der Waals surface area contributed by atoms with E-state index in [0.29, 0.717) is 6.54 Å². The standard InChI is InChI=1S/C10H20N4O2/c1-7(10(16)13-12)6-14-5-3-2-4-8(14)9(11)15/h7-8H,2-6,12H2,1H3,(H2,11,15)(H,13,16). The van der Waals surface area contributed by atoms with Crippen molar-refractivity contribution in [1.29, 1.82) is 0 Å². The SMILES string of the molecule is CC(CN1CCCCC1C(N)=O)C(=O)NN. The summed E-state index contributed by atoms with van der Waals surface area (Å²) in [6.07, 6.45) is 2.84. The number of hydrazine groups is 1. The van der Waals surface area contributed by atoms with Gasteiger partial charge in [0.2, 0.25) is 11.8 Å². The van der Waals surface area contributed by atoms with Crippen molar-refractivity contribution in [2.75, 3.05) is 13.1 Å². The summed E-state index contributed by atoms with van der Waals surface area (Å²) in [7, 11) is 0. The molecule has 0 aliphatic carbocycles. The molecule has 1 rings (SSSR count). The number of primary amides is 1. The average molecular weight is 228 g/mol. The normalized spacial score (nSPS) is 23.8. The molecule has 2 amide bonds. The third-order valence-electron chi connectivity index (χ3n) is 3.04. The Labute approximate surface area is 95.3 Å². The summed E-state index contributed by atoms with van der Waals surface area (Å²) in [5, 5.41) is 0. The highest BCUT2D eigenvalue weighted by Crippen LogP contribution is 2.18.